The number of ether oxygens (including phenoxy) is 2. The van der Waals surface area contributed by atoms with Gasteiger partial charge in [0.2, 0.25) is 0 Å². The second kappa shape index (κ2) is 12.4. The number of benzene rings is 2. The predicted octanol–water partition coefficient (Wildman–Crippen LogP) is 4.64. The van der Waals surface area contributed by atoms with E-state index in [-0.39, 0.29) is 11.3 Å². The molecule has 2 aromatic carbocycles. The lowest BCUT2D eigenvalue weighted by molar-refractivity contribution is -0.140. The van der Waals surface area contributed by atoms with Gasteiger partial charge in [-0.05, 0) is 57.6 Å². The number of carbonyl (C=O) groups is 2. The fourth-order valence-electron chi connectivity index (χ4n) is 4.45. The molecule has 0 aliphatic carbocycles. The number of amides is 1. The van der Waals surface area contributed by atoms with Crippen molar-refractivity contribution in [2.45, 2.75) is 40.2 Å². The van der Waals surface area contributed by atoms with Gasteiger partial charge in [0.05, 0.1) is 24.8 Å². The standard InChI is InChI=1S/C28H36N2O5/c1-5-29(6-2)17-12-18-30-25(21-15-16-22(34-7-3)23(19-21)35-8-4)24(27(32)28(30)33)26(31)20-13-10-9-11-14-20/h9-11,13-16,19,25,31H,5-8,12,17-18H2,1-4H3/b26-24+/t25-/m1/s1. The number of carbonyl (C=O) groups excluding carboxylic acids is 2. The van der Waals surface area contributed by atoms with E-state index in [0.717, 1.165) is 19.6 Å². The third-order valence-electron chi connectivity index (χ3n) is 6.24. The van der Waals surface area contributed by atoms with E-state index in [1.165, 1.54) is 0 Å². The Bertz CT molecular complexity index is 1050. The number of likely N-dealkylation sites (tertiary alicyclic amines) is 1. The van der Waals surface area contributed by atoms with Gasteiger partial charge < -0.3 is 24.4 Å². The summed E-state index contributed by atoms with van der Waals surface area (Å²) < 4.78 is 11.5. The van der Waals surface area contributed by atoms with Crippen LogP contribution < -0.4 is 9.47 Å². The minimum Gasteiger partial charge on any atom is -0.507 e. The first kappa shape index (κ1) is 26.3. The first-order valence-electron chi connectivity index (χ1n) is 12.4. The summed E-state index contributed by atoms with van der Waals surface area (Å²) in [6, 6.07) is 13.6. The summed E-state index contributed by atoms with van der Waals surface area (Å²) in [5.74, 6) is -0.308. The van der Waals surface area contributed by atoms with E-state index in [4.69, 9.17) is 9.47 Å². The molecule has 7 nitrogen and oxygen atoms in total. The maximum atomic E-state index is 13.2. The summed E-state index contributed by atoms with van der Waals surface area (Å²) in [7, 11) is 0. The van der Waals surface area contributed by atoms with Crippen LogP contribution in [0.15, 0.2) is 54.1 Å². The number of hydrogen-bond acceptors (Lipinski definition) is 6. The van der Waals surface area contributed by atoms with E-state index < -0.39 is 17.7 Å². The molecule has 1 amide bonds. The molecule has 0 radical (unpaired) electrons. The fraction of sp³-hybridized carbons (Fsp3) is 0.429. The molecule has 1 N–H and O–H groups in total. The van der Waals surface area contributed by atoms with Crippen molar-refractivity contribution >= 4 is 17.4 Å². The molecule has 7 heteroatoms. The van der Waals surface area contributed by atoms with Crippen LogP contribution >= 0.6 is 0 Å². The number of rotatable bonds is 12. The SMILES string of the molecule is CCOc1ccc([C@@H]2/C(=C(\O)c3ccccc3)C(=O)C(=O)N2CCCN(CC)CC)cc1OCC. The smallest absolute Gasteiger partial charge is 0.295 e. The molecular formula is C28H36N2O5. The van der Waals surface area contributed by atoms with E-state index in [0.29, 0.717) is 48.8 Å². The van der Waals surface area contributed by atoms with Crippen LogP contribution in [0.4, 0.5) is 0 Å². The second-order valence-corrected chi connectivity index (χ2v) is 8.31. The molecule has 3 rings (SSSR count). The van der Waals surface area contributed by atoms with Gasteiger partial charge in [-0.2, -0.15) is 0 Å². The van der Waals surface area contributed by atoms with Crippen LogP contribution in [-0.2, 0) is 9.59 Å². The van der Waals surface area contributed by atoms with Crippen molar-refractivity contribution in [3.63, 3.8) is 0 Å². The second-order valence-electron chi connectivity index (χ2n) is 8.31. The predicted molar refractivity (Wildman–Crippen MR) is 137 cm³/mol. The van der Waals surface area contributed by atoms with Gasteiger partial charge in [-0.3, -0.25) is 9.59 Å². The molecule has 2 aromatic rings. The van der Waals surface area contributed by atoms with E-state index in [2.05, 4.69) is 18.7 Å². The van der Waals surface area contributed by atoms with Crippen molar-refractivity contribution in [3.05, 3.63) is 65.2 Å². The molecule has 0 unspecified atom stereocenters. The van der Waals surface area contributed by atoms with Crippen LogP contribution in [-0.4, -0.2) is 66.0 Å². The number of nitrogens with zero attached hydrogens (tertiary/aromatic N) is 2. The largest absolute Gasteiger partial charge is 0.507 e. The normalized spacial score (nSPS) is 17.3. The number of hydrogen-bond donors (Lipinski definition) is 1. The zero-order valence-corrected chi connectivity index (χ0v) is 21.1. The average Bonchev–Trinajstić information content (AvgIpc) is 3.13. The topological polar surface area (TPSA) is 79.3 Å². The molecule has 1 heterocycles. The van der Waals surface area contributed by atoms with Crippen LogP contribution in [0.3, 0.4) is 0 Å². The van der Waals surface area contributed by atoms with E-state index >= 15 is 0 Å². The summed E-state index contributed by atoms with van der Waals surface area (Å²) in [5, 5.41) is 11.2. The highest BCUT2D eigenvalue weighted by atomic mass is 16.5. The first-order chi connectivity index (χ1) is 17.0. The van der Waals surface area contributed by atoms with Gasteiger partial charge in [0.1, 0.15) is 5.76 Å². The monoisotopic (exact) mass is 480 g/mol. The molecule has 0 aromatic heterocycles. The van der Waals surface area contributed by atoms with Crippen LogP contribution in [0.25, 0.3) is 5.76 Å². The number of Topliss-reactive ketones (excluding diaryl/α,β-unsaturated/α-hetero) is 1. The van der Waals surface area contributed by atoms with Crippen LogP contribution in [0.2, 0.25) is 0 Å². The fourth-order valence-corrected chi connectivity index (χ4v) is 4.45. The van der Waals surface area contributed by atoms with Crippen molar-refractivity contribution in [1.29, 1.82) is 0 Å². The van der Waals surface area contributed by atoms with Gasteiger partial charge in [-0.15, -0.1) is 0 Å². The van der Waals surface area contributed by atoms with Gasteiger partial charge in [0.25, 0.3) is 11.7 Å². The van der Waals surface area contributed by atoms with Crippen molar-refractivity contribution in [2.24, 2.45) is 0 Å². The summed E-state index contributed by atoms with van der Waals surface area (Å²) in [4.78, 5) is 30.3. The Kier molecular flexibility index (Phi) is 9.32. The zero-order valence-electron chi connectivity index (χ0n) is 21.1. The minimum atomic E-state index is -0.721. The molecular weight excluding hydrogens is 444 g/mol. The van der Waals surface area contributed by atoms with E-state index in [1.54, 1.807) is 41.3 Å². The third-order valence-corrected chi connectivity index (χ3v) is 6.24. The molecule has 0 bridgehead atoms. The maximum Gasteiger partial charge on any atom is 0.295 e. The van der Waals surface area contributed by atoms with E-state index in [9.17, 15) is 14.7 Å². The van der Waals surface area contributed by atoms with Gasteiger partial charge in [0, 0.05) is 12.1 Å². The Morgan fingerprint density at radius 2 is 1.60 bits per heavy atom. The van der Waals surface area contributed by atoms with Crippen LogP contribution in [0.1, 0.15) is 51.3 Å². The summed E-state index contributed by atoms with van der Waals surface area (Å²) in [6.45, 7) is 12.0. The maximum absolute atomic E-state index is 13.2. The van der Waals surface area contributed by atoms with Gasteiger partial charge in [-0.25, -0.2) is 0 Å². The van der Waals surface area contributed by atoms with Crippen molar-refractivity contribution < 1.29 is 24.2 Å². The molecule has 188 valence electrons. The Hall–Kier alpha value is -3.32. The molecule has 1 aliphatic heterocycles. The number of ketones is 1. The molecule has 1 saturated heterocycles. The molecule has 0 spiro atoms. The zero-order chi connectivity index (χ0) is 25.4. The van der Waals surface area contributed by atoms with Gasteiger partial charge in [0.15, 0.2) is 11.5 Å². The lowest BCUT2D eigenvalue weighted by atomic mass is 9.95. The molecule has 1 fully saturated rings. The van der Waals surface area contributed by atoms with Crippen LogP contribution in [0.5, 0.6) is 11.5 Å². The highest BCUT2D eigenvalue weighted by molar-refractivity contribution is 6.46. The highest BCUT2D eigenvalue weighted by Crippen LogP contribution is 2.42. The molecule has 35 heavy (non-hydrogen) atoms. The van der Waals surface area contributed by atoms with E-state index in [1.807, 2.05) is 26.0 Å². The molecule has 1 atom stereocenters. The van der Waals surface area contributed by atoms with Crippen molar-refractivity contribution in [3.8, 4) is 11.5 Å². The minimum absolute atomic E-state index is 0.0932. The van der Waals surface area contributed by atoms with Gasteiger partial charge >= 0.3 is 0 Å². The highest BCUT2D eigenvalue weighted by Gasteiger charge is 2.46. The molecule has 1 aliphatic rings. The Labute approximate surface area is 207 Å². The quantitative estimate of drug-likeness (QED) is 0.271. The third kappa shape index (κ3) is 5.85. The molecule has 0 saturated carbocycles. The first-order valence-corrected chi connectivity index (χ1v) is 12.4. The lowest BCUT2D eigenvalue weighted by Crippen LogP contribution is -2.33. The Morgan fingerprint density at radius 3 is 2.23 bits per heavy atom. The van der Waals surface area contributed by atoms with Crippen molar-refractivity contribution in [2.75, 3.05) is 39.4 Å². The number of aliphatic hydroxyl groups excluding tert-OH is 1. The average molecular weight is 481 g/mol. The van der Waals surface area contributed by atoms with Gasteiger partial charge in [-0.1, -0.05) is 50.2 Å². The summed E-state index contributed by atoms with van der Waals surface area (Å²) in [5.41, 5.74) is 1.28. The summed E-state index contributed by atoms with van der Waals surface area (Å²) >= 11 is 0. The number of aliphatic hydroxyl groups is 1. The Morgan fingerprint density at radius 1 is 0.943 bits per heavy atom. The Balaban J connectivity index is 2.08. The van der Waals surface area contributed by atoms with Crippen LogP contribution in [0, 0.1) is 0 Å². The van der Waals surface area contributed by atoms with Crippen molar-refractivity contribution in [1.82, 2.24) is 9.80 Å². The summed E-state index contributed by atoms with van der Waals surface area (Å²) in [6.07, 6.45) is 0.714. The lowest BCUT2D eigenvalue weighted by Gasteiger charge is -2.27.